The van der Waals surface area contributed by atoms with E-state index in [-0.39, 0.29) is 24.5 Å². The molecule has 1 fully saturated rings. The highest BCUT2D eigenvalue weighted by Crippen LogP contribution is 2.20. The van der Waals surface area contributed by atoms with E-state index in [1.54, 1.807) is 4.90 Å². The molecule has 36 heavy (non-hydrogen) atoms. The fourth-order valence-corrected chi connectivity index (χ4v) is 4.74. The molecule has 5 nitrogen and oxygen atoms in total. The molecule has 3 aromatic rings. The molecule has 1 saturated carbocycles. The summed E-state index contributed by atoms with van der Waals surface area (Å²) in [6.07, 6.45) is 5.91. The van der Waals surface area contributed by atoms with Crippen molar-refractivity contribution < 1.29 is 14.3 Å². The van der Waals surface area contributed by atoms with Crippen LogP contribution < -0.4 is 10.1 Å². The topological polar surface area (TPSA) is 58.6 Å². The molecule has 0 heterocycles. The van der Waals surface area contributed by atoms with Gasteiger partial charge in [-0.3, -0.25) is 9.59 Å². The third-order valence-electron chi connectivity index (χ3n) is 6.80. The molecule has 0 bridgehead atoms. The van der Waals surface area contributed by atoms with Crippen molar-refractivity contribution in [1.29, 1.82) is 0 Å². The number of amides is 2. The summed E-state index contributed by atoms with van der Waals surface area (Å²) < 4.78 is 5.85. The molecule has 0 radical (unpaired) electrons. The molecule has 1 atom stereocenters. The van der Waals surface area contributed by atoms with E-state index in [2.05, 4.69) is 5.32 Å². The Hall–Kier alpha value is -3.60. The third-order valence-corrected chi connectivity index (χ3v) is 6.80. The van der Waals surface area contributed by atoms with Crippen LogP contribution in [0.4, 0.5) is 0 Å². The first-order valence-electron chi connectivity index (χ1n) is 13.0. The lowest BCUT2D eigenvalue weighted by Crippen LogP contribution is -2.53. The molecule has 0 aromatic heterocycles. The van der Waals surface area contributed by atoms with E-state index in [4.69, 9.17) is 4.74 Å². The van der Waals surface area contributed by atoms with E-state index in [0.29, 0.717) is 18.7 Å². The SMILES string of the molecule is Cc1ccc(OCC(=O)N(Cc2ccccc2)C(Cc2ccccc2)C(=O)NC2CCCCC2)cc1. The Labute approximate surface area is 214 Å². The number of nitrogens with zero attached hydrogens (tertiary/aromatic N) is 1. The van der Waals surface area contributed by atoms with Crippen molar-refractivity contribution in [3.63, 3.8) is 0 Å². The smallest absolute Gasteiger partial charge is 0.261 e. The molecular formula is C31H36N2O3. The summed E-state index contributed by atoms with van der Waals surface area (Å²) in [7, 11) is 0. The van der Waals surface area contributed by atoms with Gasteiger partial charge >= 0.3 is 0 Å². The fourth-order valence-electron chi connectivity index (χ4n) is 4.74. The van der Waals surface area contributed by atoms with Gasteiger partial charge in [0.1, 0.15) is 11.8 Å². The molecule has 4 rings (SSSR count). The number of benzene rings is 3. The zero-order valence-corrected chi connectivity index (χ0v) is 21.1. The van der Waals surface area contributed by atoms with Crippen LogP contribution in [-0.4, -0.2) is 35.4 Å². The molecule has 0 saturated heterocycles. The van der Waals surface area contributed by atoms with Gasteiger partial charge in [-0.25, -0.2) is 0 Å². The van der Waals surface area contributed by atoms with Crippen LogP contribution >= 0.6 is 0 Å². The largest absolute Gasteiger partial charge is 0.484 e. The van der Waals surface area contributed by atoms with Crippen molar-refractivity contribution in [2.24, 2.45) is 0 Å². The Bertz CT molecular complexity index is 1090. The van der Waals surface area contributed by atoms with Crippen molar-refractivity contribution in [1.82, 2.24) is 10.2 Å². The van der Waals surface area contributed by atoms with E-state index in [9.17, 15) is 9.59 Å². The highest BCUT2D eigenvalue weighted by atomic mass is 16.5. The van der Waals surface area contributed by atoms with Crippen molar-refractivity contribution in [3.8, 4) is 5.75 Å². The minimum atomic E-state index is -0.636. The second kappa shape index (κ2) is 12.9. The lowest BCUT2D eigenvalue weighted by molar-refractivity contribution is -0.143. The van der Waals surface area contributed by atoms with Crippen LogP contribution in [0.3, 0.4) is 0 Å². The molecule has 0 spiro atoms. The maximum Gasteiger partial charge on any atom is 0.261 e. The van der Waals surface area contributed by atoms with E-state index in [1.165, 1.54) is 6.42 Å². The van der Waals surface area contributed by atoms with Crippen LogP contribution in [0.25, 0.3) is 0 Å². The summed E-state index contributed by atoms with van der Waals surface area (Å²) in [5.74, 6) is 0.337. The quantitative estimate of drug-likeness (QED) is 0.416. The van der Waals surface area contributed by atoms with Crippen LogP contribution in [-0.2, 0) is 22.6 Å². The molecule has 1 unspecified atom stereocenters. The van der Waals surface area contributed by atoms with Gasteiger partial charge in [0.05, 0.1) is 0 Å². The Morgan fingerprint density at radius 1 is 0.861 bits per heavy atom. The first kappa shape index (κ1) is 25.5. The summed E-state index contributed by atoms with van der Waals surface area (Å²) in [5.41, 5.74) is 3.12. The highest BCUT2D eigenvalue weighted by molar-refractivity contribution is 5.88. The number of hydrogen-bond acceptors (Lipinski definition) is 3. The van der Waals surface area contributed by atoms with E-state index in [1.807, 2.05) is 91.9 Å². The van der Waals surface area contributed by atoms with Gasteiger partial charge < -0.3 is 15.0 Å². The van der Waals surface area contributed by atoms with Gasteiger partial charge in [-0.05, 0) is 43.0 Å². The van der Waals surface area contributed by atoms with Crippen molar-refractivity contribution in [2.45, 2.75) is 64.1 Å². The third kappa shape index (κ3) is 7.45. The van der Waals surface area contributed by atoms with Gasteiger partial charge in [-0.2, -0.15) is 0 Å². The number of hydrogen-bond donors (Lipinski definition) is 1. The summed E-state index contributed by atoms with van der Waals surface area (Å²) in [5, 5.41) is 3.27. The molecular weight excluding hydrogens is 448 g/mol. The Kier molecular flexibility index (Phi) is 9.15. The Morgan fingerprint density at radius 3 is 2.11 bits per heavy atom. The normalized spacial score (nSPS) is 14.6. The van der Waals surface area contributed by atoms with Gasteiger partial charge in [0, 0.05) is 19.0 Å². The van der Waals surface area contributed by atoms with Crippen molar-refractivity contribution >= 4 is 11.8 Å². The van der Waals surface area contributed by atoms with Crippen LogP contribution in [0, 0.1) is 6.92 Å². The maximum absolute atomic E-state index is 13.7. The van der Waals surface area contributed by atoms with Crippen LogP contribution in [0.2, 0.25) is 0 Å². The minimum absolute atomic E-state index is 0.0922. The Morgan fingerprint density at radius 2 is 1.47 bits per heavy atom. The molecule has 1 aliphatic rings. The Balaban J connectivity index is 1.58. The van der Waals surface area contributed by atoms with Gasteiger partial charge in [0.15, 0.2) is 6.61 Å². The number of carbonyl (C=O) groups excluding carboxylic acids is 2. The van der Waals surface area contributed by atoms with E-state index < -0.39 is 6.04 Å². The zero-order valence-electron chi connectivity index (χ0n) is 21.1. The predicted octanol–water partition coefficient (Wildman–Crippen LogP) is 5.46. The molecule has 2 amide bonds. The molecule has 188 valence electrons. The molecule has 1 aliphatic carbocycles. The van der Waals surface area contributed by atoms with Crippen molar-refractivity contribution in [3.05, 3.63) is 102 Å². The maximum atomic E-state index is 13.7. The second-order valence-electron chi connectivity index (χ2n) is 9.66. The standard InChI is InChI=1S/C31H36N2O3/c1-24-17-19-28(20-18-24)36-23-30(34)33(22-26-13-7-3-8-14-26)29(21-25-11-5-2-6-12-25)31(35)32-27-15-9-4-10-16-27/h2-3,5-8,11-14,17-20,27,29H,4,9-10,15-16,21-23H2,1H3,(H,32,35). The number of rotatable bonds is 10. The van der Waals surface area contributed by atoms with Crippen LogP contribution in [0.15, 0.2) is 84.9 Å². The van der Waals surface area contributed by atoms with Gasteiger partial charge in [-0.15, -0.1) is 0 Å². The molecule has 3 aromatic carbocycles. The van der Waals surface area contributed by atoms with Gasteiger partial charge in [-0.1, -0.05) is 97.6 Å². The minimum Gasteiger partial charge on any atom is -0.484 e. The summed E-state index contributed by atoms with van der Waals surface area (Å²) in [6, 6.07) is 26.9. The highest BCUT2D eigenvalue weighted by Gasteiger charge is 2.32. The number of ether oxygens (including phenoxy) is 1. The summed E-state index contributed by atoms with van der Waals surface area (Å²) in [4.78, 5) is 29.0. The first-order valence-corrected chi connectivity index (χ1v) is 13.0. The van der Waals surface area contributed by atoms with Crippen LogP contribution in [0.5, 0.6) is 5.75 Å². The average molecular weight is 485 g/mol. The van der Waals surface area contributed by atoms with Gasteiger partial charge in [0.2, 0.25) is 5.91 Å². The number of aryl methyl sites for hydroxylation is 1. The number of carbonyl (C=O) groups is 2. The summed E-state index contributed by atoms with van der Waals surface area (Å²) in [6.45, 7) is 2.22. The monoisotopic (exact) mass is 484 g/mol. The van der Waals surface area contributed by atoms with Gasteiger partial charge in [0.25, 0.3) is 5.91 Å². The number of nitrogens with one attached hydrogen (secondary N) is 1. The molecule has 0 aliphatic heterocycles. The lowest BCUT2D eigenvalue weighted by atomic mass is 9.94. The van der Waals surface area contributed by atoms with E-state index >= 15 is 0 Å². The first-order chi connectivity index (χ1) is 17.6. The summed E-state index contributed by atoms with van der Waals surface area (Å²) >= 11 is 0. The lowest BCUT2D eigenvalue weighted by Gasteiger charge is -2.33. The van der Waals surface area contributed by atoms with E-state index in [0.717, 1.165) is 42.4 Å². The van der Waals surface area contributed by atoms with Crippen LogP contribution in [0.1, 0.15) is 48.8 Å². The average Bonchev–Trinajstić information content (AvgIpc) is 2.92. The molecule has 1 N–H and O–H groups in total. The fraction of sp³-hybridized carbons (Fsp3) is 0.355. The molecule has 5 heteroatoms. The second-order valence-corrected chi connectivity index (χ2v) is 9.66. The predicted molar refractivity (Wildman–Crippen MR) is 143 cm³/mol. The van der Waals surface area contributed by atoms with Crippen molar-refractivity contribution in [2.75, 3.05) is 6.61 Å². The zero-order chi connectivity index (χ0) is 25.2.